The number of anilines is 6. The zero-order valence-electron chi connectivity index (χ0n) is 62.4. The molecule has 0 atom stereocenters. The molecule has 4 nitrogen and oxygen atoms in total. The minimum atomic E-state index is -0.258. The van der Waals surface area contributed by atoms with Gasteiger partial charge in [0.25, 0.3) is 6.71 Å². The number of benzene rings is 13. The predicted octanol–water partition coefficient (Wildman–Crippen LogP) is 25.1. The molecule has 103 heavy (non-hydrogen) atoms. The molecule has 15 aromatic rings. The van der Waals surface area contributed by atoms with E-state index in [0.717, 1.165) is 22.7 Å². The summed E-state index contributed by atoms with van der Waals surface area (Å²) >= 11 is 0. The molecule has 0 fully saturated rings. The van der Waals surface area contributed by atoms with Crippen molar-refractivity contribution in [3.63, 3.8) is 0 Å². The lowest BCUT2D eigenvalue weighted by Crippen LogP contribution is -2.61. The van der Waals surface area contributed by atoms with Crippen molar-refractivity contribution in [2.45, 2.75) is 131 Å². The molecule has 17 rings (SSSR count). The number of fused-ring (bicyclic) bond motifs is 10. The van der Waals surface area contributed by atoms with E-state index in [1.54, 1.807) is 0 Å². The molecule has 0 spiro atoms. The summed E-state index contributed by atoms with van der Waals surface area (Å²) in [5, 5.41) is 4.94. The molecule has 5 heteroatoms. The van der Waals surface area contributed by atoms with E-state index in [-0.39, 0.29) is 33.8 Å². The molecule has 13 aromatic carbocycles. The van der Waals surface area contributed by atoms with Crippen LogP contribution in [0.2, 0.25) is 0 Å². The molecule has 0 amide bonds. The van der Waals surface area contributed by atoms with Crippen LogP contribution in [0.1, 0.15) is 132 Å². The standard InChI is InChI=1S/C98H91BN4/c1-94(2,3)66-52-64(53-67(58-66)95(4,5)6)73-36-22-26-42-81(73)102-85-50-48-62(75-40-30-46-87-91(75)77-38-24-28-44-83(77)100(87)71-32-18-16-19-33-71)56-79(85)99-80-57-63(76-41-31-47-88-92(76)78-39-25-29-45-84(78)101(88)72-34-20-17-21-35-72)49-51-86(80)103(90-61-70(98(13,14)15)60-89(102)93(90)99)82-43-27-23-37-74(82)65-54-68(96(7,8)9)59-69(55-65)97(10,11)12/h16-61H,1-15H3. The van der Waals surface area contributed by atoms with Gasteiger partial charge < -0.3 is 18.9 Å². The average molecular weight is 1340 g/mol. The number of rotatable bonds is 8. The number of nitrogens with zero attached hydrogens (tertiary/aromatic N) is 4. The van der Waals surface area contributed by atoms with Crippen molar-refractivity contribution >= 4 is 101 Å². The maximum absolute atomic E-state index is 2.68. The summed E-state index contributed by atoms with van der Waals surface area (Å²) in [6, 6.07) is 107. The number of para-hydroxylation sites is 6. The van der Waals surface area contributed by atoms with Crippen molar-refractivity contribution in [3.05, 3.63) is 307 Å². The Bertz CT molecular complexity index is 5490. The Hall–Kier alpha value is -10.9. The Balaban J connectivity index is 1.01. The van der Waals surface area contributed by atoms with E-state index in [4.69, 9.17) is 0 Å². The quantitative estimate of drug-likeness (QED) is 0.141. The fraction of sp³-hybridized carbons (Fsp3) is 0.204. The topological polar surface area (TPSA) is 16.3 Å². The van der Waals surface area contributed by atoms with Gasteiger partial charge in [-0.05, 0) is 190 Å². The number of hydrogen-bond donors (Lipinski definition) is 0. The Kier molecular flexibility index (Phi) is 15.2. The minimum absolute atomic E-state index is 0.0957. The minimum Gasteiger partial charge on any atom is -0.311 e. The van der Waals surface area contributed by atoms with Crippen LogP contribution in [0.5, 0.6) is 0 Å². The lowest BCUT2D eigenvalue weighted by atomic mass is 9.33. The van der Waals surface area contributed by atoms with Crippen LogP contribution in [0, 0.1) is 0 Å². The Labute approximate surface area is 609 Å². The van der Waals surface area contributed by atoms with E-state index in [1.807, 2.05) is 0 Å². The highest BCUT2D eigenvalue weighted by Gasteiger charge is 2.46. The molecule has 2 aliphatic heterocycles. The van der Waals surface area contributed by atoms with Gasteiger partial charge >= 0.3 is 0 Å². The summed E-state index contributed by atoms with van der Waals surface area (Å²) in [7, 11) is 0. The van der Waals surface area contributed by atoms with Crippen molar-refractivity contribution < 1.29 is 0 Å². The van der Waals surface area contributed by atoms with Gasteiger partial charge in [0, 0.05) is 66.8 Å². The second-order valence-corrected chi connectivity index (χ2v) is 34.2. The van der Waals surface area contributed by atoms with Crippen LogP contribution in [0.15, 0.2) is 279 Å². The monoisotopic (exact) mass is 1330 g/mol. The first kappa shape index (κ1) is 65.4. The predicted molar refractivity (Wildman–Crippen MR) is 444 cm³/mol. The Morgan fingerprint density at radius 1 is 0.233 bits per heavy atom. The highest BCUT2D eigenvalue weighted by Crippen LogP contribution is 2.53. The summed E-state index contributed by atoms with van der Waals surface area (Å²) in [6.07, 6.45) is 0. The van der Waals surface area contributed by atoms with Gasteiger partial charge in [-0.25, -0.2) is 0 Å². The molecular weight excluding hydrogens is 1240 g/mol. The zero-order chi connectivity index (χ0) is 71.4. The van der Waals surface area contributed by atoms with Crippen LogP contribution in [0.25, 0.3) is 99.5 Å². The maximum Gasteiger partial charge on any atom is 0.252 e. The molecule has 0 saturated carbocycles. The molecule has 0 radical (unpaired) electrons. The lowest BCUT2D eigenvalue weighted by molar-refractivity contribution is 0.568. The summed E-state index contributed by atoms with van der Waals surface area (Å²) in [5.41, 5.74) is 33.3. The van der Waals surface area contributed by atoms with Gasteiger partial charge in [-0.3, -0.25) is 0 Å². The van der Waals surface area contributed by atoms with E-state index in [0.29, 0.717) is 0 Å². The van der Waals surface area contributed by atoms with Gasteiger partial charge in [0.05, 0.1) is 33.4 Å². The first-order valence-electron chi connectivity index (χ1n) is 37.0. The van der Waals surface area contributed by atoms with Crippen LogP contribution in [-0.2, 0) is 27.1 Å². The zero-order valence-corrected chi connectivity index (χ0v) is 62.4. The van der Waals surface area contributed by atoms with E-state index >= 15 is 0 Å². The molecule has 0 aliphatic carbocycles. The Morgan fingerprint density at radius 3 is 0.932 bits per heavy atom. The number of aromatic nitrogens is 2. The largest absolute Gasteiger partial charge is 0.311 e. The van der Waals surface area contributed by atoms with Crippen molar-refractivity contribution in [2.75, 3.05) is 9.80 Å². The third-order valence-electron chi connectivity index (χ3n) is 22.2. The summed E-state index contributed by atoms with van der Waals surface area (Å²) in [4.78, 5) is 5.36. The van der Waals surface area contributed by atoms with Gasteiger partial charge in [-0.1, -0.05) is 298 Å². The smallest absolute Gasteiger partial charge is 0.252 e. The van der Waals surface area contributed by atoms with E-state index < -0.39 is 0 Å². The van der Waals surface area contributed by atoms with Crippen molar-refractivity contribution in [1.82, 2.24) is 9.13 Å². The fourth-order valence-corrected chi connectivity index (χ4v) is 16.6. The summed E-state index contributed by atoms with van der Waals surface area (Å²) in [5.74, 6) is 0. The van der Waals surface area contributed by atoms with Crippen LogP contribution < -0.4 is 26.2 Å². The second kappa shape index (κ2) is 23.9. The molecule has 4 heterocycles. The maximum atomic E-state index is 2.68. The van der Waals surface area contributed by atoms with E-state index in [1.165, 1.54) is 155 Å². The van der Waals surface area contributed by atoms with E-state index in [9.17, 15) is 0 Å². The molecule has 506 valence electrons. The highest BCUT2D eigenvalue weighted by molar-refractivity contribution is 7.00. The second-order valence-electron chi connectivity index (χ2n) is 34.2. The highest BCUT2D eigenvalue weighted by atomic mass is 15.2. The van der Waals surface area contributed by atoms with E-state index in [2.05, 4.69) is 402 Å². The van der Waals surface area contributed by atoms with Crippen molar-refractivity contribution in [3.8, 4) is 55.9 Å². The number of hydrogen-bond acceptors (Lipinski definition) is 2. The fourth-order valence-electron chi connectivity index (χ4n) is 16.6. The summed E-state index contributed by atoms with van der Waals surface area (Å²) in [6.45, 7) is 35.2. The Morgan fingerprint density at radius 2 is 0.553 bits per heavy atom. The molecule has 0 N–H and O–H groups in total. The van der Waals surface area contributed by atoms with Crippen LogP contribution >= 0.6 is 0 Å². The SMILES string of the molecule is CC(C)(C)c1cc(-c2ccccc2N2c3ccc(-c4cccc5c4c4ccccc4n5-c4ccccc4)cc3B3c4cc(-c5cccc6c5c5ccccc5n6-c5ccccc5)ccc4N(c4ccccc4-c4cc(C(C)(C)C)cc(C(C)(C)C)c4)c4cc(C(C)(C)C)cc2c43)cc(C(C)(C)C)c1. The van der Waals surface area contributed by atoms with Crippen molar-refractivity contribution in [2.24, 2.45) is 0 Å². The third-order valence-corrected chi connectivity index (χ3v) is 22.2. The molecule has 2 aliphatic rings. The lowest BCUT2D eigenvalue weighted by Gasteiger charge is -2.46. The first-order chi connectivity index (χ1) is 49.3. The molecule has 0 saturated heterocycles. The molecule has 0 bridgehead atoms. The first-order valence-corrected chi connectivity index (χ1v) is 37.0. The third kappa shape index (κ3) is 10.9. The van der Waals surface area contributed by atoms with Gasteiger partial charge in [0.2, 0.25) is 0 Å². The molecule has 0 unspecified atom stereocenters. The van der Waals surface area contributed by atoms with Gasteiger partial charge in [-0.15, -0.1) is 0 Å². The van der Waals surface area contributed by atoms with Gasteiger partial charge in [0.15, 0.2) is 0 Å². The van der Waals surface area contributed by atoms with Crippen molar-refractivity contribution in [1.29, 1.82) is 0 Å². The van der Waals surface area contributed by atoms with Gasteiger partial charge in [-0.2, -0.15) is 0 Å². The van der Waals surface area contributed by atoms with Crippen LogP contribution in [-0.4, -0.2) is 15.8 Å². The normalized spacial score (nSPS) is 13.3. The molecule has 2 aromatic heterocycles. The van der Waals surface area contributed by atoms with Gasteiger partial charge in [0.1, 0.15) is 0 Å². The summed E-state index contributed by atoms with van der Waals surface area (Å²) < 4.78 is 4.90. The van der Waals surface area contributed by atoms with Crippen LogP contribution in [0.3, 0.4) is 0 Å². The molecular formula is C98H91BN4. The van der Waals surface area contributed by atoms with Crippen LogP contribution in [0.4, 0.5) is 34.1 Å². The average Bonchev–Trinajstić information content (AvgIpc) is 1.50.